The third-order valence-electron chi connectivity index (χ3n) is 5.30. The van der Waals surface area contributed by atoms with Crippen LogP contribution in [0.15, 0.2) is 55.2 Å². The smallest absolute Gasteiger partial charge is 0.253 e. The number of aromatic nitrogens is 4. The van der Waals surface area contributed by atoms with Gasteiger partial charge in [-0.1, -0.05) is 30.3 Å². The summed E-state index contributed by atoms with van der Waals surface area (Å²) in [6.45, 7) is 1.89. The van der Waals surface area contributed by atoms with E-state index in [1.54, 1.807) is 18.9 Å². The molecule has 1 amide bonds. The van der Waals surface area contributed by atoms with Gasteiger partial charge in [-0.3, -0.25) is 9.78 Å². The van der Waals surface area contributed by atoms with E-state index in [0.29, 0.717) is 11.6 Å². The highest BCUT2D eigenvalue weighted by atomic mass is 16.1. The zero-order valence-electron chi connectivity index (χ0n) is 15.4. The molecule has 0 radical (unpaired) electrons. The Balaban J connectivity index is 1.48. The fourth-order valence-electron chi connectivity index (χ4n) is 3.86. The summed E-state index contributed by atoms with van der Waals surface area (Å²) < 4.78 is 1.93. The first kappa shape index (κ1) is 17.4. The van der Waals surface area contributed by atoms with Gasteiger partial charge in [-0.25, -0.2) is 9.67 Å². The maximum Gasteiger partial charge on any atom is 0.253 e. The number of nitrogens with zero attached hydrogens (tertiary/aromatic N) is 4. The molecule has 27 heavy (non-hydrogen) atoms. The summed E-state index contributed by atoms with van der Waals surface area (Å²) in [6, 6.07) is 12.5. The fourth-order valence-corrected chi connectivity index (χ4v) is 3.86. The molecule has 0 saturated heterocycles. The monoisotopic (exact) mass is 361 g/mol. The van der Waals surface area contributed by atoms with Crippen LogP contribution in [0.2, 0.25) is 0 Å². The minimum absolute atomic E-state index is 0.0383. The molecule has 1 fully saturated rings. The second kappa shape index (κ2) is 7.70. The Labute approximate surface area is 158 Å². The van der Waals surface area contributed by atoms with Crippen LogP contribution in [0.25, 0.3) is 11.1 Å². The van der Waals surface area contributed by atoms with Crippen molar-refractivity contribution in [2.75, 3.05) is 0 Å². The zero-order valence-corrected chi connectivity index (χ0v) is 15.4. The molecule has 2 heterocycles. The number of amides is 1. The van der Waals surface area contributed by atoms with Gasteiger partial charge in [-0.2, -0.15) is 5.10 Å². The average molecular weight is 361 g/mol. The molecule has 1 N–H and O–H groups in total. The maximum absolute atomic E-state index is 13.1. The lowest BCUT2D eigenvalue weighted by atomic mass is 9.90. The molecule has 0 bridgehead atoms. The van der Waals surface area contributed by atoms with Crippen LogP contribution < -0.4 is 5.32 Å². The van der Waals surface area contributed by atoms with Crippen molar-refractivity contribution in [2.45, 2.75) is 44.7 Å². The third kappa shape index (κ3) is 3.74. The van der Waals surface area contributed by atoms with Gasteiger partial charge in [0.25, 0.3) is 5.91 Å². The first-order chi connectivity index (χ1) is 13.2. The molecule has 6 nitrogen and oxygen atoms in total. The molecular formula is C21H23N5O. The van der Waals surface area contributed by atoms with Crippen molar-refractivity contribution in [2.24, 2.45) is 0 Å². The van der Waals surface area contributed by atoms with Crippen LogP contribution in [0.4, 0.5) is 0 Å². The highest BCUT2D eigenvalue weighted by molar-refractivity contribution is 6.01. The second-order valence-electron chi connectivity index (χ2n) is 7.04. The normalized spacial score (nSPS) is 19.6. The number of benzene rings is 1. The summed E-state index contributed by atoms with van der Waals surface area (Å²) in [5.74, 6) is -0.0383. The minimum atomic E-state index is -0.0383. The highest BCUT2D eigenvalue weighted by Crippen LogP contribution is 2.29. The van der Waals surface area contributed by atoms with Crippen molar-refractivity contribution in [1.82, 2.24) is 25.1 Å². The second-order valence-corrected chi connectivity index (χ2v) is 7.04. The number of hydrogen-bond donors (Lipinski definition) is 1. The Morgan fingerprint density at radius 1 is 1.11 bits per heavy atom. The molecule has 0 atom stereocenters. The van der Waals surface area contributed by atoms with Gasteiger partial charge in [-0.15, -0.1) is 0 Å². The quantitative estimate of drug-likeness (QED) is 0.771. The van der Waals surface area contributed by atoms with Crippen LogP contribution in [-0.4, -0.2) is 31.7 Å². The molecule has 6 heteroatoms. The molecule has 1 aliphatic rings. The lowest BCUT2D eigenvalue weighted by Gasteiger charge is -2.29. The Morgan fingerprint density at radius 2 is 1.89 bits per heavy atom. The van der Waals surface area contributed by atoms with E-state index in [1.807, 2.05) is 48.0 Å². The van der Waals surface area contributed by atoms with Gasteiger partial charge >= 0.3 is 0 Å². The van der Waals surface area contributed by atoms with E-state index in [9.17, 15) is 4.79 Å². The average Bonchev–Trinajstić information content (AvgIpc) is 3.24. The largest absolute Gasteiger partial charge is 0.349 e. The van der Waals surface area contributed by atoms with Crippen LogP contribution in [0.3, 0.4) is 0 Å². The van der Waals surface area contributed by atoms with Crippen LogP contribution >= 0.6 is 0 Å². The maximum atomic E-state index is 13.1. The Hall–Kier alpha value is -3.02. The summed E-state index contributed by atoms with van der Waals surface area (Å²) in [7, 11) is 0. The van der Waals surface area contributed by atoms with E-state index in [1.165, 1.54) is 0 Å². The van der Waals surface area contributed by atoms with E-state index in [4.69, 9.17) is 0 Å². The van der Waals surface area contributed by atoms with Crippen LogP contribution in [-0.2, 0) is 0 Å². The summed E-state index contributed by atoms with van der Waals surface area (Å²) in [5.41, 5.74) is 3.38. The van der Waals surface area contributed by atoms with E-state index in [0.717, 1.165) is 42.5 Å². The van der Waals surface area contributed by atoms with Gasteiger partial charge in [0.05, 0.1) is 17.3 Å². The van der Waals surface area contributed by atoms with Gasteiger partial charge in [0.2, 0.25) is 0 Å². The van der Waals surface area contributed by atoms with Gasteiger partial charge < -0.3 is 5.32 Å². The van der Waals surface area contributed by atoms with Crippen LogP contribution in [0.1, 0.15) is 47.8 Å². The molecule has 138 valence electrons. The number of carbonyl (C=O) groups excluding carboxylic acids is 1. The molecule has 1 aliphatic carbocycles. The number of nitrogens with one attached hydrogen (secondary N) is 1. The summed E-state index contributed by atoms with van der Waals surface area (Å²) >= 11 is 0. The number of carbonyl (C=O) groups is 1. The predicted octanol–water partition coefficient (Wildman–Crippen LogP) is 3.56. The highest BCUT2D eigenvalue weighted by Gasteiger charge is 2.25. The van der Waals surface area contributed by atoms with Crippen molar-refractivity contribution in [3.05, 3.63) is 66.5 Å². The molecular weight excluding hydrogens is 338 g/mol. The number of rotatable bonds is 4. The van der Waals surface area contributed by atoms with Crippen molar-refractivity contribution in [3.63, 3.8) is 0 Å². The minimum Gasteiger partial charge on any atom is -0.349 e. The third-order valence-corrected chi connectivity index (χ3v) is 5.30. The molecule has 3 aromatic rings. The molecule has 0 unspecified atom stereocenters. The lowest BCUT2D eigenvalue weighted by Crippen LogP contribution is -2.38. The van der Waals surface area contributed by atoms with E-state index >= 15 is 0 Å². The number of pyridine rings is 1. The topological polar surface area (TPSA) is 72.7 Å². The van der Waals surface area contributed by atoms with Gasteiger partial charge in [0, 0.05) is 12.2 Å². The molecule has 1 aromatic carbocycles. The van der Waals surface area contributed by atoms with Crippen molar-refractivity contribution in [1.29, 1.82) is 0 Å². The lowest BCUT2D eigenvalue weighted by molar-refractivity contribution is 0.0921. The standard InChI is InChI=1S/C21H23N5O/c1-15-20(19(11-12-23-15)16-5-3-2-4-6-16)21(27)25-17-7-9-18(10-8-17)26-14-22-13-24-26/h2-6,11-14,17-18H,7-10H2,1H3,(H,25,27). The van der Waals surface area contributed by atoms with Crippen molar-refractivity contribution >= 4 is 5.91 Å². The molecule has 4 rings (SSSR count). The molecule has 1 saturated carbocycles. The van der Waals surface area contributed by atoms with Gasteiger partial charge in [-0.05, 0) is 49.8 Å². The Bertz CT molecular complexity index is 900. The summed E-state index contributed by atoms with van der Waals surface area (Å²) in [5, 5.41) is 7.47. The van der Waals surface area contributed by atoms with Gasteiger partial charge in [0.1, 0.15) is 12.7 Å². The first-order valence-corrected chi connectivity index (χ1v) is 9.38. The van der Waals surface area contributed by atoms with Crippen molar-refractivity contribution in [3.8, 4) is 11.1 Å². The van der Waals surface area contributed by atoms with Crippen molar-refractivity contribution < 1.29 is 4.79 Å². The van der Waals surface area contributed by atoms with Crippen LogP contribution in [0, 0.1) is 6.92 Å². The fraction of sp³-hybridized carbons (Fsp3) is 0.333. The van der Waals surface area contributed by atoms with Crippen LogP contribution in [0.5, 0.6) is 0 Å². The molecule has 0 spiro atoms. The van der Waals surface area contributed by atoms with E-state index in [2.05, 4.69) is 20.4 Å². The van der Waals surface area contributed by atoms with Gasteiger partial charge in [0.15, 0.2) is 0 Å². The number of aryl methyl sites for hydroxylation is 1. The Morgan fingerprint density at radius 3 is 2.59 bits per heavy atom. The molecule has 2 aromatic heterocycles. The zero-order chi connectivity index (χ0) is 18.6. The SMILES string of the molecule is Cc1nccc(-c2ccccc2)c1C(=O)NC1CCC(n2cncn2)CC1. The molecule has 0 aliphatic heterocycles. The summed E-state index contributed by atoms with van der Waals surface area (Å²) in [4.78, 5) is 21.4. The van der Waals surface area contributed by atoms with E-state index < -0.39 is 0 Å². The van der Waals surface area contributed by atoms with E-state index in [-0.39, 0.29) is 11.9 Å². The summed E-state index contributed by atoms with van der Waals surface area (Å²) in [6.07, 6.45) is 8.97. The predicted molar refractivity (Wildman–Crippen MR) is 103 cm³/mol. The Kier molecular flexibility index (Phi) is 4.96. The number of hydrogen-bond acceptors (Lipinski definition) is 4. The first-order valence-electron chi connectivity index (χ1n) is 9.38.